The normalized spacial score (nSPS) is 35.4. The summed E-state index contributed by atoms with van der Waals surface area (Å²) in [4.78, 5) is 13.0. The van der Waals surface area contributed by atoms with Gasteiger partial charge in [-0.3, -0.25) is 4.79 Å². The lowest BCUT2D eigenvalue weighted by atomic mass is 9.48. The van der Waals surface area contributed by atoms with Crippen molar-refractivity contribution in [1.29, 1.82) is 0 Å². The van der Waals surface area contributed by atoms with E-state index >= 15 is 0 Å². The Bertz CT molecular complexity index is 691. The van der Waals surface area contributed by atoms with Gasteiger partial charge in [0, 0.05) is 6.04 Å². The molecule has 28 heavy (non-hydrogen) atoms. The van der Waals surface area contributed by atoms with Gasteiger partial charge in [-0.15, -0.1) is 17.5 Å². The van der Waals surface area contributed by atoms with Gasteiger partial charge in [-0.1, -0.05) is 5.21 Å². The fourth-order valence-corrected chi connectivity index (χ4v) is 7.07. The third-order valence-electron chi connectivity index (χ3n) is 8.15. The van der Waals surface area contributed by atoms with Crippen molar-refractivity contribution in [3.63, 3.8) is 0 Å². The summed E-state index contributed by atoms with van der Waals surface area (Å²) in [6, 6.07) is 0.586. The molecule has 7 heteroatoms. The zero-order valence-corrected chi connectivity index (χ0v) is 17.9. The third-order valence-corrected chi connectivity index (χ3v) is 8.15. The molecule has 4 bridgehead atoms. The highest BCUT2D eigenvalue weighted by atomic mass is 35.5. The standard InChI is InChI=1S/C21H33N5O.ClH/c1-13-19(24-25-26(13)18-3-5-22-6-4-18)20(27)23-14(2)21-10-15-7-16(11-21)9-17(8-15)12-21;/h14-18,22H,3-12H2,1-2H3,(H,23,27);1H. The van der Waals surface area contributed by atoms with Crippen LogP contribution >= 0.6 is 12.4 Å². The number of hydrogen-bond donors (Lipinski definition) is 2. The van der Waals surface area contributed by atoms with Crippen molar-refractivity contribution in [3.05, 3.63) is 11.4 Å². The van der Waals surface area contributed by atoms with E-state index in [9.17, 15) is 4.79 Å². The van der Waals surface area contributed by atoms with Crippen LogP contribution in [0.4, 0.5) is 0 Å². The molecule has 156 valence electrons. The molecule has 2 heterocycles. The predicted octanol–water partition coefficient (Wildman–Crippen LogP) is 3.27. The van der Waals surface area contributed by atoms with Gasteiger partial charge in [-0.05, 0) is 101 Å². The van der Waals surface area contributed by atoms with E-state index in [2.05, 4.69) is 27.9 Å². The Hall–Kier alpha value is -1.14. The van der Waals surface area contributed by atoms with Crippen LogP contribution in [0.2, 0.25) is 0 Å². The first kappa shape index (κ1) is 20.1. The molecule has 1 saturated heterocycles. The van der Waals surface area contributed by atoms with Crippen LogP contribution in [0, 0.1) is 30.1 Å². The molecule has 1 aliphatic heterocycles. The number of hydrogen-bond acceptors (Lipinski definition) is 4. The van der Waals surface area contributed by atoms with E-state index in [4.69, 9.17) is 0 Å². The molecule has 1 amide bonds. The molecule has 0 radical (unpaired) electrons. The molecule has 2 N–H and O–H groups in total. The van der Waals surface area contributed by atoms with Crippen LogP contribution in [-0.4, -0.2) is 40.0 Å². The Labute approximate surface area is 174 Å². The Morgan fingerprint density at radius 1 is 1.14 bits per heavy atom. The van der Waals surface area contributed by atoms with Crippen molar-refractivity contribution in [2.24, 2.45) is 23.2 Å². The van der Waals surface area contributed by atoms with Crippen molar-refractivity contribution in [3.8, 4) is 0 Å². The van der Waals surface area contributed by atoms with Crippen LogP contribution in [0.3, 0.4) is 0 Å². The molecule has 4 aliphatic carbocycles. The molecule has 1 aromatic rings. The van der Waals surface area contributed by atoms with E-state index in [1.807, 2.05) is 11.6 Å². The molecule has 5 aliphatic rings. The maximum absolute atomic E-state index is 13.0. The number of carbonyl (C=O) groups excluding carboxylic acids is 1. The number of aromatic nitrogens is 3. The number of halogens is 1. The van der Waals surface area contributed by atoms with Crippen LogP contribution in [0.5, 0.6) is 0 Å². The number of carbonyl (C=O) groups is 1. The summed E-state index contributed by atoms with van der Waals surface area (Å²) in [5.41, 5.74) is 1.76. The number of nitrogens with zero attached hydrogens (tertiary/aromatic N) is 3. The summed E-state index contributed by atoms with van der Waals surface area (Å²) in [5.74, 6) is 2.67. The number of piperidine rings is 1. The topological polar surface area (TPSA) is 71.8 Å². The minimum Gasteiger partial charge on any atom is -0.348 e. The molecular weight excluding hydrogens is 374 g/mol. The molecule has 0 aromatic carbocycles. The van der Waals surface area contributed by atoms with Gasteiger partial charge in [0.1, 0.15) is 0 Å². The number of nitrogens with one attached hydrogen (secondary N) is 2. The second-order valence-electron chi connectivity index (χ2n) is 9.92. The van der Waals surface area contributed by atoms with Crippen molar-refractivity contribution >= 4 is 18.3 Å². The highest BCUT2D eigenvalue weighted by molar-refractivity contribution is 5.93. The monoisotopic (exact) mass is 407 g/mol. The minimum absolute atomic E-state index is 0. The zero-order valence-electron chi connectivity index (χ0n) is 17.1. The Kier molecular flexibility index (Phi) is 5.47. The van der Waals surface area contributed by atoms with E-state index in [0.717, 1.165) is 49.4 Å². The molecule has 6 nitrogen and oxygen atoms in total. The SMILES string of the molecule is Cc1c(C(=O)NC(C)C23CC4CC(CC(C4)C2)C3)nnn1C1CCNCC1.Cl. The molecular formula is C21H34ClN5O. The van der Waals surface area contributed by atoms with Crippen molar-refractivity contribution in [2.75, 3.05) is 13.1 Å². The van der Waals surface area contributed by atoms with Crippen LogP contribution in [0.15, 0.2) is 0 Å². The van der Waals surface area contributed by atoms with Crippen LogP contribution in [0.25, 0.3) is 0 Å². The maximum Gasteiger partial charge on any atom is 0.273 e. The minimum atomic E-state index is -0.0315. The van der Waals surface area contributed by atoms with Gasteiger partial charge in [-0.25, -0.2) is 4.68 Å². The van der Waals surface area contributed by atoms with Crippen LogP contribution < -0.4 is 10.6 Å². The third kappa shape index (κ3) is 3.36. The predicted molar refractivity (Wildman–Crippen MR) is 111 cm³/mol. The zero-order chi connectivity index (χ0) is 18.6. The van der Waals surface area contributed by atoms with Gasteiger partial charge in [0.2, 0.25) is 0 Å². The molecule has 1 atom stereocenters. The molecule has 5 fully saturated rings. The quantitative estimate of drug-likeness (QED) is 0.803. The van der Waals surface area contributed by atoms with E-state index < -0.39 is 0 Å². The van der Waals surface area contributed by atoms with Crippen molar-refractivity contribution in [2.45, 2.75) is 77.3 Å². The first-order valence-electron chi connectivity index (χ1n) is 11.0. The smallest absolute Gasteiger partial charge is 0.273 e. The van der Waals surface area contributed by atoms with E-state index in [1.165, 1.54) is 38.5 Å². The Morgan fingerprint density at radius 3 is 2.29 bits per heavy atom. The number of amides is 1. The molecule has 0 spiro atoms. The van der Waals surface area contributed by atoms with Gasteiger partial charge in [-0.2, -0.15) is 0 Å². The van der Waals surface area contributed by atoms with E-state index in [1.54, 1.807) is 0 Å². The molecule has 6 rings (SSSR count). The average molecular weight is 408 g/mol. The lowest BCUT2D eigenvalue weighted by Gasteiger charge is -2.59. The van der Waals surface area contributed by atoms with Gasteiger partial charge in [0.05, 0.1) is 11.7 Å². The van der Waals surface area contributed by atoms with Gasteiger partial charge in [0.25, 0.3) is 5.91 Å². The fraction of sp³-hybridized carbons (Fsp3) is 0.857. The van der Waals surface area contributed by atoms with Crippen LogP contribution in [-0.2, 0) is 0 Å². The number of rotatable bonds is 4. The average Bonchev–Trinajstić information content (AvgIpc) is 3.03. The lowest BCUT2D eigenvalue weighted by molar-refractivity contribution is -0.0688. The van der Waals surface area contributed by atoms with Gasteiger partial charge < -0.3 is 10.6 Å². The fourth-order valence-electron chi connectivity index (χ4n) is 7.07. The van der Waals surface area contributed by atoms with Crippen LogP contribution in [0.1, 0.15) is 80.5 Å². The molecule has 4 saturated carbocycles. The highest BCUT2D eigenvalue weighted by Gasteiger charge is 2.53. The second-order valence-corrected chi connectivity index (χ2v) is 9.92. The van der Waals surface area contributed by atoms with E-state index in [-0.39, 0.29) is 24.4 Å². The Morgan fingerprint density at radius 2 is 1.71 bits per heavy atom. The molecule has 1 unspecified atom stereocenters. The first-order chi connectivity index (χ1) is 13.0. The van der Waals surface area contributed by atoms with Crippen molar-refractivity contribution < 1.29 is 4.79 Å². The lowest BCUT2D eigenvalue weighted by Crippen LogP contribution is -2.55. The van der Waals surface area contributed by atoms with E-state index in [0.29, 0.717) is 17.2 Å². The highest BCUT2D eigenvalue weighted by Crippen LogP contribution is 2.61. The summed E-state index contributed by atoms with van der Waals surface area (Å²) in [6.07, 6.45) is 10.3. The summed E-state index contributed by atoms with van der Waals surface area (Å²) in [6.45, 7) is 6.24. The molecule has 1 aromatic heterocycles. The summed E-state index contributed by atoms with van der Waals surface area (Å²) < 4.78 is 1.98. The largest absolute Gasteiger partial charge is 0.348 e. The first-order valence-corrected chi connectivity index (χ1v) is 11.0. The summed E-state index contributed by atoms with van der Waals surface area (Å²) in [5, 5.41) is 15.3. The Balaban J connectivity index is 0.00000192. The van der Waals surface area contributed by atoms with Gasteiger partial charge in [0.15, 0.2) is 5.69 Å². The summed E-state index contributed by atoms with van der Waals surface area (Å²) in [7, 11) is 0. The van der Waals surface area contributed by atoms with Crippen molar-refractivity contribution in [1.82, 2.24) is 25.6 Å². The second kappa shape index (κ2) is 7.60. The summed E-state index contributed by atoms with van der Waals surface area (Å²) >= 11 is 0. The maximum atomic E-state index is 13.0. The van der Waals surface area contributed by atoms with Gasteiger partial charge >= 0.3 is 0 Å².